The van der Waals surface area contributed by atoms with Crippen LogP contribution in [-0.4, -0.2) is 25.5 Å². The maximum Gasteiger partial charge on any atom is 0.123 e. The lowest BCUT2D eigenvalue weighted by molar-refractivity contribution is 0.113. The van der Waals surface area contributed by atoms with Crippen LogP contribution in [0, 0.1) is 6.92 Å². The Balaban J connectivity index is 2.89. The maximum atomic E-state index is 9.27. The molecule has 1 aromatic carbocycles. The summed E-state index contributed by atoms with van der Waals surface area (Å²) >= 11 is 0. The van der Waals surface area contributed by atoms with Crippen molar-refractivity contribution >= 4 is 11.0 Å². The molecule has 0 atom stereocenters. The van der Waals surface area contributed by atoms with Gasteiger partial charge in [-0.05, 0) is 24.0 Å². The number of hydrogen-bond acceptors (Lipinski definition) is 4. The molecule has 12 heavy (non-hydrogen) atoms. The van der Waals surface area contributed by atoms with Crippen LogP contribution < -0.4 is 0 Å². The van der Waals surface area contributed by atoms with Crippen LogP contribution in [0.3, 0.4) is 0 Å². The van der Waals surface area contributed by atoms with Crippen LogP contribution in [0.2, 0.25) is 0 Å². The molecule has 0 aliphatic rings. The molecule has 2 rings (SSSR count). The molecule has 0 fully saturated rings. The van der Waals surface area contributed by atoms with Crippen LogP contribution in [0.15, 0.2) is 12.1 Å². The molecule has 5 nitrogen and oxygen atoms in total. The molecular formula is C7H7N3O2. The molecule has 5 heteroatoms. The average Bonchev–Trinajstić information content (AvgIpc) is 2.39. The quantitative estimate of drug-likeness (QED) is 0.563. The summed E-state index contributed by atoms with van der Waals surface area (Å²) in [5.74, 6) is 0.156. The molecule has 1 aromatic heterocycles. The third-order valence-electron chi connectivity index (χ3n) is 1.77. The lowest BCUT2D eigenvalue weighted by atomic mass is 10.2. The van der Waals surface area contributed by atoms with Gasteiger partial charge in [-0.15, -0.1) is 10.2 Å². The first-order chi connectivity index (χ1) is 5.68. The number of aryl methyl sites for hydroxylation is 1. The van der Waals surface area contributed by atoms with E-state index in [0.29, 0.717) is 21.6 Å². The van der Waals surface area contributed by atoms with Gasteiger partial charge in [0, 0.05) is 5.56 Å². The topological polar surface area (TPSA) is 71.2 Å². The lowest BCUT2D eigenvalue weighted by Crippen LogP contribution is -1.93. The fourth-order valence-corrected chi connectivity index (χ4v) is 1.09. The fourth-order valence-electron chi connectivity index (χ4n) is 1.09. The van der Waals surface area contributed by atoms with Gasteiger partial charge >= 0.3 is 0 Å². The molecule has 0 amide bonds. The first kappa shape index (κ1) is 6.90. The zero-order valence-corrected chi connectivity index (χ0v) is 6.39. The van der Waals surface area contributed by atoms with Crippen molar-refractivity contribution in [3.05, 3.63) is 17.7 Å². The van der Waals surface area contributed by atoms with E-state index in [4.69, 9.17) is 5.21 Å². The van der Waals surface area contributed by atoms with Crippen molar-refractivity contribution in [2.45, 2.75) is 6.92 Å². The first-order valence-corrected chi connectivity index (χ1v) is 3.43. The van der Waals surface area contributed by atoms with Gasteiger partial charge in [0.25, 0.3) is 0 Å². The van der Waals surface area contributed by atoms with E-state index in [1.165, 1.54) is 6.07 Å². The standard InChI is InChI=1S/C7H7N3O2/c1-4-6(11)3-2-5-7(4)9-10(12)8-5/h2-3,11-12H,1H3. The molecule has 0 aliphatic heterocycles. The predicted molar refractivity (Wildman–Crippen MR) is 41.1 cm³/mol. The first-order valence-electron chi connectivity index (χ1n) is 3.43. The predicted octanol–water partition coefficient (Wildman–Crippen LogP) is 0.683. The summed E-state index contributed by atoms with van der Waals surface area (Å²) in [6.07, 6.45) is 0. The number of nitrogens with zero attached hydrogens (tertiary/aromatic N) is 3. The second-order valence-electron chi connectivity index (χ2n) is 2.55. The monoisotopic (exact) mass is 165 g/mol. The molecule has 62 valence electrons. The highest BCUT2D eigenvalue weighted by Gasteiger charge is 2.07. The summed E-state index contributed by atoms with van der Waals surface area (Å²) in [4.78, 5) is 0.497. The minimum Gasteiger partial charge on any atom is -0.508 e. The van der Waals surface area contributed by atoms with Crippen molar-refractivity contribution < 1.29 is 10.3 Å². The molecule has 0 spiro atoms. The Morgan fingerprint density at radius 1 is 1.33 bits per heavy atom. The largest absolute Gasteiger partial charge is 0.508 e. The van der Waals surface area contributed by atoms with Crippen LogP contribution in [0.25, 0.3) is 11.0 Å². The highest BCUT2D eigenvalue weighted by Crippen LogP contribution is 2.22. The van der Waals surface area contributed by atoms with E-state index in [9.17, 15) is 5.11 Å². The summed E-state index contributed by atoms with van der Waals surface area (Å²) in [7, 11) is 0. The van der Waals surface area contributed by atoms with Crippen molar-refractivity contribution in [3.8, 4) is 5.75 Å². The van der Waals surface area contributed by atoms with Crippen LogP contribution in [0.5, 0.6) is 5.75 Å². The second-order valence-corrected chi connectivity index (χ2v) is 2.55. The Hall–Kier alpha value is -1.78. The molecule has 1 heterocycles. The number of phenolic OH excluding ortho intramolecular Hbond substituents is 1. The number of aromatic hydroxyl groups is 1. The number of benzene rings is 1. The van der Waals surface area contributed by atoms with Gasteiger partial charge < -0.3 is 10.3 Å². The normalized spacial score (nSPS) is 10.8. The van der Waals surface area contributed by atoms with E-state index in [1.54, 1.807) is 13.0 Å². The van der Waals surface area contributed by atoms with Gasteiger partial charge in [-0.3, -0.25) is 0 Å². The number of aromatic nitrogens is 3. The Kier molecular flexibility index (Phi) is 1.21. The molecule has 0 bridgehead atoms. The van der Waals surface area contributed by atoms with Gasteiger partial charge in [-0.1, -0.05) is 0 Å². The third kappa shape index (κ3) is 0.795. The van der Waals surface area contributed by atoms with E-state index < -0.39 is 0 Å². The molecular weight excluding hydrogens is 158 g/mol. The van der Waals surface area contributed by atoms with Gasteiger partial charge in [0.15, 0.2) is 0 Å². The van der Waals surface area contributed by atoms with Gasteiger partial charge in [0.05, 0.1) is 0 Å². The van der Waals surface area contributed by atoms with Gasteiger partial charge in [-0.25, -0.2) is 0 Å². The Bertz CT molecular complexity index is 435. The van der Waals surface area contributed by atoms with E-state index in [0.717, 1.165) is 0 Å². The molecule has 0 aliphatic carbocycles. The minimum absolute atomic E-state index is 0.156. The average molecular weight is 165 g/mol. The number of hydrogen-bond donors (Lipinski definition) is 2. The van der Waals surface area contributed by atoms with Crippen molar-refractivity contribution in [1.82, 2.24) is 15.2 Å². The summed E-state index contributed by atoms with van der Waals surface area (Å²) in [5.41, 5.74) is 1.69. The Morgan fingerprint density at radius 3 is 2.83 bits per heavy atom. The van der Waals surface area contributed by atoms with Gasteiger partial charge in [0.1, 0.15) is 16.8 Å². The lowest BCUT2D eigenvalue weighted by Gasteiger charge is -1.95. The van der Waals surface area contributed by atoms with Crippen LogP contribution >= 0.6 is 0 Å². The van der Waals surface area contributed by atoms with Crippen molar-refractivity contribution in [1.29, 1.82) is 0 Å². The molecule has 0 saturated carbocycles. The van der Waals surface area contributed by atoms with Crippen LogP contribution in [-0.2, 0) is 0 Å². The molecule has 2 N–H and O–H groups in total. The zero-order chi connectivity index (χ0) is 8.72. The Morgan fingerprint density at radius 2 is 2.08 bits per heavy atom. The molecule has 0 unspecified atom stereocenters. The maximum absolute atomic E-state index is 9.27. The smallest absolute Gasteiger partial charge is 0.123 e. The molecule has 2 aromatic rings. The van der Waals surface area contributed by atoms with E-state index in [1.807, 2.05) is 0 Å². The highest BCUT2D eigenvalue weighted by molar-refractivity contribution is 5.79. The highest BCUT2D eigenvalue weighted by atomic mass is 16.5. The number of phenols is 1. The number of rotatable bonds is 0. The van der Waals surface area contributed by atoms with Crippen molar-refractivity contribution in [2.24, 2.45) is 0 Å². The Labute approximate surface area is 67.8 Å². The van der Waals surface area contributed by atoms with E-state index in [-0.39, 0.29) is 5.75 Å². The summed E-state index contributed by atoms with van der Waals surface area (Å²) in [6.45, 7) is 1.71. The zero-order valence-electron chi connectivity index (χ0n) is 6.39. The minimum atomic E-state index is 0.156. The van der Waals surface area contributed by atoms with Gasteiger partial charge in [-0.2, -0.15) is 0 Å². The van der Waals surface area contributed by atoms with Crippen molar-refractivity contribution in [2.75, 3.05) is 0 Å². The third-order valence-corrected chi connectivity index (χ3v) is 1.77. The second kappa shape index (κ2) is 2.10. The summed E-state index contributed by atoms with van der Waals surface area (Å²) in [6, 6.07) is 3.11. The summed E-state index contributed by atoms with van der Waals surface area (Å²) in [5, 5.41) is 25.5. The van der Waals surface area contributed by atoms with Gasteiger partial charge in [0.2, 0.25) is 0 Å². The summed E-state index contributed by atoms with van der Waals surface area (Å²) < 4.78 is 0. The number of fused-ring (bicyclic) bond motifs is 1. The van der Waals surface area contributed by atoms with E-state index in [2.05, 4.69) is 10.2 Å². The molecule has 0 saturated heterocycles. The van der Waals surface area contributed by atoms with Crippen LogP contribution in [0.1, 0.15) is 5.56 Å². The van der Waals surface area contributed by atoms with E-state index >= 15 is 0 Å². The molecule has 0 radical (unpaired) electrons. The van der Waals surface area contributed by atoms with Crippen LogP contribution in [0.4, 0.5) is 0 Å². The van der Waals surface area contributed by atoms with Crippen molar-refractivity contribution in [3.63, 3.8) is 0 Å². The fraction of sp³-hybridized carbons (Fsp3) is 0.143. The SMILES string of the molecule is Cc1c(O)ccc2nn(O)nc12.